The Morgan fingerprint density at radius 1 is 1.09 bits per heavy atom. The SMILES string of the molecule is Nc1nc2c(nnn2[C@@H]2O[C@H](CCO)[C@@H](F)[C@H]2OP(O)(=S)OC[C@H]2O[C@@H](n3nnc4c(N)ncnc43)[C@@H](F)[C@@H]2O[P+](=O)S)c(=O)[nH]1. The molecule has 248 valence electrons. The fourth-order valence-corrected chi connectivity index (χ4v) is 7.14. The van der Waals surface area contributed by atoms with Gasteiger partial charge >= 0.3 is 13.9 Å². The number of rotatable bonds is 11. The quantitative estimate of drug-likeness (QED) is 0.0827. The average Bonchev–Trinajstić information content (AvgIpc) is 3.74. The fraction of sp³-hybridized carbons (Fsp3) is 0.579. The number of hydrogen-bond acceptors (Lipinski definition) is 18. The molecule has 2 fully saturated rings. The van der Waals surface area contributed by atoms with E-state index in [9.17, 15) is 19.4 Å². The molecule has 2 aliphatic heterocycles. The standard InChI is InChI=1S/C19H22F2N12O9P2S2/c20-7-5(1-2-34)39-18(33-15-10(29-31-33)16(35)27-19(23)26-15)12(7)42-44(37,46)38-3-6-11(41-43(36)45)8(21)17(40-6)32-14-9(28-30-32)13(22)24-4-25-14/h4-8,11-12,17-18,34H,1-3H2,(H6-,22,23,24,25,26,27,30,31,35,36,37,45,46)/p+1/t5-,6-,7-,8+,11-,12-,17-,18-,44?/m1/s1. The smallest absolute Gasteiger partial charge is 0.396 e. The fourth-order valence-electron chi connectivity index (χ4n) is 4.95. The molecular weight excluding hydrogens is 704 g/mol. The van der Waals surface area contributed by atoms with E-state index >= 15 is 8.78 Å². The summed E-state index contributed by atoms with van der Waals surface area (Å²) in [4.78, 5) is 37.2. The third kappa shape index (κ3) is 6.20. The number of aromatic amines is 1. The van der Waals surface area contributed by atoms with Crippen LogP contribution < -0.4 is 17.0 Å². The second-order valence-electron chi connectivity index (χ2n) is 9.80. The van der Waals surface area contributed by atoms with Crippen molar-refractivity contribution < 1.29 is 46.4 Å². The number of hydrogen-bond donors (Lipinski definition) is 6. The Morgan fingerprint density at radius 2 is 1.78 bits per heavy atom. The molecule has 2 aliphatic rings. The molecule has 46 heavy (non-hydrogen) atoms. The number of alkyl halides is 2. The summed E-state index contributed by atoms with van der Waals surface area (Å²) in [5.74, 6) is -0.327. The Bertz CT molecular complexity index is 1890. The maximum atomic E-state index is 15.7. The van der Waals surface area contributed by atoms with Crippen LogP contribution in [0.15, 0.2) is 11.1 Å². The lowest BCUT2D eigenvalue weighted by Crippen LogP contribution is -2.34. The van der Waals surface area contributed by atoms with Crippen LogP contribution in [-0.2, 0) is 39.4 Å². The molecule has 0 spiro atoms. The van der Waals surface area contributed by atoms with E-state index < -0.39 is 81.9 Å². The number of anilines is 2. The van der Waals surface area contributed by atoms with E-state index in [0.29, 0.717) is 0 Å². The minimum atomic E-state index is -4.45. The largest absolute Gasteiger partial charge is 0.582 e. The third-order valence-corrected chi connectivity index (χ3v) is 9.20. The van der Waals surface area contributed by atoms with Crippen LogP contribution in [0.3, 0.4) is 0 Å². The zero-order valence-corrected chi connectivity index (χ0v) is 26.3. The molecule has 2 saturated heterocycles. The van der Waals surface area contributed by atoms with Gasteiger partial charge in [-0.25, -0.2) is 18.7 Å². The minimum Gasteiger partial charge on any atom is -0.396 e. The zero-order valence-electron chi connectivity index (χ0n) is 22.8. The van der Waals surface area contributed by atoms with Crippen LogP contribution >= 0.6 is 26.2 Å². The summed E-state index contributed by atoms with van der Waals surface area (Å²) >= 11 is 8.82. The summed E-state index contributed by atoms with van der Waals surface area (Å²) in [7, 11) is -2.67. The number of aliphatic hydroxyl groups is 1. The lowest BCUT2D eigenvalue weighted by atomic mass is 10.1. The van der Waals surface area contributed by atoms with Crippen molar-refractivity contribution in [1.82, 2.24) is 49.9 Å². The number of thiol groups is 1. The van der Waals surface area contributed by atoms with Crippen LogP contribution in [-0.4, -0.2) is 110 Å². The van der Waals surface area contributed by atoms with E-state index in [2.05, 4.69) is 52.8 Å². The Hall–Kier alpha value is -2.96. The van der Waals surface area contributed by atoms with Crippen molar-refractivity contribution in [3.63, 3.8) is 0 Å². The molecule has 0 saturated carbocycles. The van der Waals surface area contributed by atoms with Gasteiger partial charge in [-0.2, -0.15) is 14.3 Å². The highest BCUT2D eigenvalue weighted by Crippen LogP contribution is 2.51. The highest BCUT2D eigenvalue weighted by Gasteiger charge is 2.54. The van der Waals surface area contributed by atoms with Gasteiger partial charge in [-0.15, -0.1) is 14.7 Å². The molecule has 2 unspecified atom stereocenters. The molecule has 27 heteroatoms. The Balaban J connectivity index is 1.23. The third-order valence-electron chi connectivity index (χ3n) is 6.94. The molecule has 6 rings (SSSR count). The number of H-pyrrole nitrogens is 1. The molecule has 0 aromatic carbocycles. The Morgan fingerprint density at radius 3 is 2.50 bits per heavy atom. The minimum absolute atomic E-state index is 0.0175. The molecule has 0 radical (unpaired) electrons. The number of nitrogens with two attached hydrogens (primary N) is 2. The molecule has 6 heterocycles. The van der Waals surface area contributed by atoms with Gasteiger partial charge in [0, 0.05) is 6.61 Å². The zero-order chi connectivity index (χ0) is 32.9. The molecular formula is C19H23F2N12O9P2S2+. The van der Waals surface area contributed by atoms with E-state index in [-0.39, 0.29) is 40.5 Å². The Labute approximate surface area is 265 Å². The topological polar surface area (TPSA) is 289 Å². The van der Waals surface area contributed by atoms with Gasteiger partial charge in [0.2, 0.25) is 5.95 Å². The average molecular weight is 728 g/mol. The molecule has 0 bridgehead atoms. The molecule has 0 amide bonds. The number of aliphatic hydroxyl groups excluding tert-OH is 1. The van der Waals surface area contributed by atoms with Gasteiger partial charge in [-0.3, -0.25) is 14.3 Å². The van der Waals surface area contributed by atoms with Crippen LogP contribution in [0.1, 0.15) is 18.9 Å². The van der Waals surface area contributed by atoms with Gasteiger partial charge in [0.25, 0.3) is 5.56 Å². The molecule has 0 aliphatic carbocycles. The van der Waals surface area contributed by atoms with E-state index in [1.54, 1.807) is 0 Å². The summed E-state index contributed by atoms with van der Waals surface area (Å²) < 4.78 is 72.5. The molecule has 4 aromatic heterocycles. The highest BCUT2D eigenvalue weighted by atomic mass is 32.7. The normalized spacial score (nSPS) is 29.9. The predicted molar refractivity (Wildman–Crippen MR) is 156 cm³/mol. The van der Waals surface area contributed by atoms with Crippen molar-refractivity contribution in [3.05, 3.63) is 16.7 Å². The van der Waals surface area contributed by atoms with Crippen molar-refractivity contribution in [2.24, 2.45) is 0 Å². The van der Waals surface area contributed by atoms with Crippen molar-refractivity contribution >= 4 is 72.1 Å². The number of nitrogen functional groups attached to an aromatic ring is 2. The summed E-state index contributed by atoms with van der Waals surface area (Å²) in [5, 5.41) is 24.6. The van der Waals surface area contributed by atoms with Gasteiger partial charge in [-0.05, 0) is 22.8 Å². The van der Waals surface area contributed by atoms with Crippen LogP contribution in [0.4, 0.5) is 20.5 Å². The number of aromatic nitrogens is 10. The summed E-state index contributed by atoms with van der Waals surface area (Å²) in [6.07, 6.45) is -12.3. The van der Waals surface area contributed by atoms with Crippen LogP contribution in [0.25, 0.3) is 22.3 Å². The van der Waals surface area contributed by atoms with Gasteiger partial charge in [0.05, 0.1) is 12.7 Å². The first-order chi connectivity index (χ1) is 21.9. The number of nitrogens with one attached hydrogen (secondary N) is 1. The lowest BCUT2D eigenvalue weighted by Gasteiger charge is -2.25. The number of nitrogens with zero attached hydrogens (tertiary/aromatic N) is 9. The second kappa shape index (κ2) is 12.9. The van der Waals surface area contributed by atoms with Crippen molar-refractivity contribution in [3.8, 4) is 0 Å². The number of fused-ring (bicyclic) bond motifs is 2. The predicted octanol–water partition coefficient (Wildman–Crippen LogP) is -0.642. The van der Waals surface area contributed by atoms with Crippen LogP contribution in [0.5, 0.6) is 0 Å². The van der Waals surface area contributed by atoms with E-state index in [4.69, 9.17) is 46.3 Å². The summed E-state index contributed by atoms with van der Waals surface area (Å²) in [6, 6.07) is 0. The molecule has 7 N–H and O–H groups in total. The van der Waals surface area contributed by atoms with E-state index in [0.717, 1.165) is 15.7 Å². The summed E-state index contributed by atoms with van der Waals surface area (Å²) in [5.41, 5.74) is 10.3. The van der Waals surface area contributed by atoms with Crippen LogP contribution in [0.2, 0.25) is 0 Å². The lowest BCUT2D eigenvalue weighted by molar-refractivity contribution is -0.0562. The molecule has 4 aromatic rings. The van der Waals surface area contributed by atoms with Gasteiger partial charge in [0.15, 0.2) is 59.0 Å². The monoisotopic (exact) mass is 727 g/mol. The molecule has 21 nitrogen and oxygen atoms in total. The van der Waals surface area contributed by atoms with Gasteiger partial charge in [0.1, 0.15) is 30.8 Å². The maximum Gasteiger partial charge on any atom is 0.582 e. The van der Waals surface area contributed by atoms with Crippen molar-refractivity contribution in [2.45, 2.75) is 55.6 Å². The van der Waals surface area contributed by atoms with Gasteiger partial charge in [-0.1, -0.05) is 10.4 Å². The van der Waals surface area contributed by atoms with E-state index in [1.165, 1.54) is 0 Å². The molecule has 10 atom stereocenters. The highest BCUT2D eigenvalue weighted by molar-refractivity contribution is 8.39. The van der Waals surface area contributed by atoms with E-state index in [1.807, 2.05) is 0 Å². The Kier molecular flexibility index (Phi) is 9.26. The van der Waals surface area contributed by atoms with Crippen molar-refractivity contribution in [1.29, 1.82) is 0 Å². The summed E-state index contributed by atoms with van der Waals surface area (Å²) in [6.45, 7) is -5.64. The van der Waals surface area contributed by atoms with Crippen molar-refractivity contribution in [2.75, 3.05) is 24.7 Å². The first-order valence-corrected chi connectivity index (χ1v) is 17.9. The van der Waals surface area contributed by atoms with Gasteiger partial charge < -0.3 is 35.5 Å². The first-order valence-electron chi connectivity index (χ1n) is 13.0. The number of halogens is 2. The first kappa shape index (κ1) is 33.0. The number of ether oxygens (including phenoxy) is 2. The second-order valence-corrected chi connectivity index (χ2v) is 14.3. The maximum absolute atomic E-state index is 15.7. The van der Waals surface area contributed by atoms with Crippen LogP contribution in [0, 0.1) is 0 Å².